The van der Waals surface area contributed by atoms with Crippen molar-refractivity contribution in [2.45, 2.75) is 6.92 Å². The number of hydrogen-bond acceptors (Lipinski definition) is 7. The van der Waals surface area contributed by atoms with Gasteiger partial charge in [-0.2, -0.15) is 0 Å². The highest BCUT2D eigenvalue weighted by molar-refractivity contribution is 5.60. The van der Waals surface area contributed by atoms with Crippen molar-refractivity contribution in [2.24, 2.45) is 10.2 Å². The Labute approximate surface area is 136 Å². The molecule has 1 aromatic carbocycles. The van der Waals surface area contributed by atoms with Crippen molar-refractivity contribution in [3.63, 3.8) is 0 Å². The van der Waals surface area contributed by atoms with Gasteiger partial charge in [0, 0.05) is 12.3 Å². The molecular formula is C15H13N5O4. The number of aromatic nitrogens is 2. The Balaban J connectivity index is 2.03. The molecule has 1 N–H and O–H groups in total. The Hall–Kier alpha value is -3.49. The highest BCUT2D eigenvalue weighted by Crippen LogP contribution is 2.32. The summed E-state index contributed by atoms with van der Waals surface area (Å²) in [6, 6.07) is 7.47. The fourth-order valence-corrected chi connectivity index (χ4v) is 2.26. The van der Waals surface area contributed by atoms with Crippen molar-refractivity contribution >= 4 is 22.8 Å². The molecule has 0 aliphatic carbocycles. The second kappa shape index (κ2) is 5.95. The summed E-state index contributed by atoms with van der Waals surface area (Å²) in [7, 11) is 1.36. The maximum Gasteiger partial charge on any atom is 0.313 e. The van der Waals surface area contributed by atoms with Crippen LogP contribution in [0.3, 0.4) is 0 Å². The molecule has 0 unspecified atom stereocenters. The third-order valence-electron chi connectivity index (χ3n) is 3.39. The first-order valence-electron chi connectivity index (χ1n) is 6.92. The van der Waals surface area contributed by atoms with E-state index in [0.29, 0.717) is 22.8 Å². The van der Waals surface area contributed by atoms with Gasteiger partial charge >= 0.3 is 5.69 Å². The molecule has 0 atom stereocenters. The van der Waals surface area contributed by atoms with E-state index in [1.165, 1.54) is 25.3 Å². The number of azo groups is 1. The molecule has 0 saturated heterocycles. The van der Waals surface area contributed by atoms with Crippen molar-refractivity contribution < 1.29 is 14.8 Å². The van der Waals surface area contributed by atoms with E-state index in [1.807, 2.05) is 0 Å². The first-order valence-corrected chi connectivity index (χ1v) is 6.92. The molecule has 0 bridgehead atoms. The summed E-state index contributed by atoms with van der Waals surface area (Å²) < 4.78 is 6.54. The fourth-order valence-electron chi connectivity index (χ4n) is 2.26. The second-order valence-electron chi connectivity index (χ2n) is 4.92. The highest BCUT2D eigenvalue weighted by atomic mass is 16.6. The number of fused-ring (bicyclic) bond motifs is 1. The summed E-state index contributed by atoms with van der Waals surface area (Å²) in [6.45, 7) is 1.73. The maximum atomic E-state index is 11.0. The van der Waals surface area contributed by atoms with Crippen LogP contribution in [-0.2, 0) is 0 Å². The lowest BCUT2D eigenvalue weighted by atomic mass is 10.2. The van der Waals surface area contributed by atoms with Crippen LogP contribution in [0.2, 0.25) is 0 Å². The molecular weight excluding hydrogens is 314 g/mol. The number of rotatable bonds is 4. The molecule has 3 rings (SSSR count). The number of pyridine rings is 1. The van der Waals surface area contributed by atoms with Crippen LogP contribution in [0.15, 0.2) is 46.8 Å². The molecule has 24 heavy (non-hydrogen) atoms. The monoisotopic (exact) mass is 327 g/mol. The van der Waals surface area contributed by atoms with Crippen molar-refractivity contribution in [1.82, 2.24) is 9.38 Å². The molecule has 2 aromatic heterocycles. The fraction of sp³-hybridized carbons (Fsp3) is 0.133. The number of hydrogen-bond donors (Lipinski definition) is 1. The number of nitro groups is 1. The van der Waals surface area contributed by atoms with Crippen molar-refractivity contribution in [3.05, 3.63) is 52.3 Å². The van der Waals surface area contributed by atoms with Crippen LogP contribution in [0.5, 0.6) is 11.5 Å². The Bertz CT molecular complexity index is 964. The minimum absolute atomic E-state index is 0.0298. The van der Waals surface area contributed by atoms with Gasteiger partial charge in [-0.1, -0.05) is 0 Å². The molecule has 0 spiro atoms. The van der Waals surface area contributed by atoms with E-state index in [0.717, 1.165) is 0 Å². The lowest BCUT2D eigenvalue weighted by Gasteiger charge is -2.01. The average Bonchev–Trinajstić information content (AvgIpc) is 2.89. The summed E-state index contributed by atoms with van der Waals surface area (Å²) in [5.74, 6) is 0.608. The summed E-state index contributed by atoms with van der Waals surface area (Å²) in [4.78, 5) is 14.7. The zero-order valence-corrected chi connectivity index (χ0v) is 12.9. The molecule has 0 radical (unpaired) electrons. The lowest BCUT2D eigenvalue weighted by Crippen LogP contribution is -1.92. The van der Waals surface area contributed by atoms with Gasteiger partial charge in [0.05, 0.1) is 23.4 Å². The Morgan fingerprint density at radius 3 is 2.83 bits per heavy atom. The normalized spacial score (nSPS) is 11.2. The number of ether oxygens (including phenoxy) is 1. The van der Waals surface area contributed by atoms with Crippen LogP contribution in [0.25, 0.3) is 5.65 Å². The molecule has 0 saturated carbocycles. The SMILES string of the molecule is COc1ccc(N=Nc2c(C)nc3c(O)cccn23)cc1[N+](=O)[O-]. The topological polar surface area (TPSA) is 115 Å². The van der Waals surface area contributed by atoms with E-state index in [9.17, 15) is 15.2 Å². The number of aryl methyl sites for hydroxylation is 1. The molecule has 0 aliphatic rings. The second-order valence-corrected chi connectivity index (χ2v) is 4.92. The van der Waals surface area contributed by atoms with Gasteiger partial charge < -0.3 is 9.84 Å². The summed E-state index contributed by atoms with van der Waals surface area (Å²) in [5.41, 5.74) is 1.05. The quantitative estimate of drug-likeness (QED) is 0.446. The van der Waals surface area contributed by atoms with E-state index in [2.05, 4.69) is 15.2 Å². The number of nitro benzene ring substituents is 1. The van der Waals surface area contributed by atoms with Crippen molar-refractivity contribution in [1.29, 1.82) is 0 Å². The van der Waals surface area contributed by atoms with E-state index in [-0.39, 0.29) is 17.2 Å². The Kier molecular flexibility index (Phi) is 3.82. The molecule has 2 heterocycles. The molecule has 0 amide bonds. The largest absolute Gasteiger partial charge is 0.504 e. The van der Waals surface area contributed by atoms with Crippen LogP contribution in [0.1, 0.15) is 5.69 Å². The number of benzene rings is 1. The third-order valence-corrected chi connectivity index (χ3v) is 3.39. The van der Waals surface area contributed by atoms with Crippen LogP contribution in [0.4, 0.5) is 17.2 Å². The van der Waals surface area contributed by atoms with Gasteiger partial charge in [-0.25, -0.2) is 4.98 Å². The van der Waals surface area contributed by atoms with Gasteiger partial charge in [0.1, 0.15) is 0 Å². The van der Waals surface area contributed by atoms with Crippen molar-refractivity contribution in [2.75, 3.05) is 7.11 Å². The molecule has 0 fully saturated rings. The molecule has 3 aromatic rings. The van der Waals surface area contributed by atoms with Gasteiger partial charge in [-0.3, -0.25) is 14.5 Å². The van der Waals surface area contributed by atoms with Gasteiger partial charge in [0.15, 0.2) is 23.0 Å². The first-order chi connectivity index (χ1) is 11.5. The summed E-state index contributed by atoms with van der Waals surface area (Å²) in [6.07, 6.45) is 1.69. The third kappa shape index (κ3) is 2.62. The zero-order chi connectivity index (χ0) is 17.3. The summed E-state index contributed by atoms with van der Waals surface area (Å²) in [5, 5.41) is 29.0. The van der Waals surface area contributed by atoms with E-state index in [1.54, 1.807) is 29.7 Å². The maximum absolute atomic E-state index is 11.0. The van der Waals surface area contributed by atoms with Gasteiger partial charge in [0.2, 0.25) is 0 Å². The molecule has 9 nitrogen and oxygen atoms in total. The van der Waals surface area contributed by atoms with Crippen LogP contribution in [0, 0.1) is 17.0 Å². The Morgan fingerprint density at radius 2 is 2.12 bits per heavy atom. The summed E-state index contributed by atoms with van der Waals surface area (Å²) >= 11 is 0. The van der Waals surface area contributed by atoms with Gasteiger partial charge in [-0.05, 0) is 31.2 Å². The molecule has 9 heteroatoms. The van der Waals surface area contributed by atoms with E-state index in [4.69, 9.17) is 4.74 Å². The van der Waals surface area contributed by atoms with E-state index < -0.39 is 4.92 Å². The lowest BCUT2D eigenvalue weighted by molar-refractivity contribution is -0.385. The molecule has 122 valence electrons. The van der Waals surface area contributed by atoms with Crippen LogP contribution < -0.4 is 4.74 Å². The zero-order valence-electron chi connectivity index (χ0n) is 12.9. The predicted octanol–water partition coefficient (Wildman–Crippen LogP) is 3.68. The smallest absolute Gasteiger partial charge is 0.313 e. The van der Waals surface area contributed by atoms with Crippen molar-refractivity contribution in [3.8, 4) is 11.5 Å². The Morgan fingerprint density at radius 1 is 1.33 bits per heavy atom. The highest BCUT2D eigenvalue weighted by Gasteiger charge is 2.15. The molecule has 0 aliphatic heterocycles. The van der Waals surface area contributed by atoms with E-state index >= 15 is 0 Å². The van der Waals surface area contributed by atoms with Crippen LogP contribution in [-0.4, -0.2) is 26.5 Å². The number of methoxy groups -OCH3 is 1. The minimum atomic E-state index is -0.546. The van der Waals surface area contributed by atoms with Crippen LogP contribution >= 0.6 is 0 Å². The predicted molar refractivity (Wildman–Crippen MR) is 85.4 cm³/mol. The standard InChI is InChI=1S/C15H13N5O4/c1-9-14(19-7-3-4-12(21)15(19)16-9)18-17-10-5-6-13(24-2)11(8-10)20(22)23/h3-8,21H,1-2H3. The van der Waals surface area contributed by atoms with Gasteiger partial charge in [-0.15, -0.1) is 10.2 Å². The number of imidazole rings is 1. The first kappa shape index (κ1) is 15.4. The van der Waals surface area contributed by atoms with Gasteiger partial charge in [0.25, 0.3) is 0 Å². The minimum Gasteiger partial charge on any atom is -0.504 e. The number of aromatic hydroxyl groups is 1. The number of nitrogens with zero attached hydrogens (tertiary/aromatic N) is 5. The average molecular weight is 327 g/mol.